The summed E-state index contributed by atoms with van der Waals surface area (Å²) in [5.74, 6) is 0. The molecule has 0 heterocycles. The van der Waals surface area contributed by atoms with Crippen molar-refractivity contribution in [3.05, 3.63) is 34.3 Å². The second kappa shape index (κ2) is 6.61. The van der Waals surface area contributed by atoms with E-state index in [1.807, 2.05) is 31.2 Å². The van der Waals surface area contributed by atoms with E-state index in [2.05, 4.69) is 26.6 Å². The second-order valence-electron chi connectivity index (χ2n) is 3.94. The van der Waals surface area contributed by atoms with Gasteiger partial charge in [0.2, 0.25) is 0 Å². The molecule has 1 rings (SSSR count). The van der Waals surface area contributed by atoms with Crippen LogP contribution in [0.3, 0.4) is 0 Å². The maximum absolute atomic E-state index is 11.6. The van der Waals surface area contributed by atoms with Crippen LogP contribution in [0.25, 0.3) is 0 Å². The van der Waals surface area contributed by atoms with Gasteiger partial charge in [0.05, 0.1) is 18.7 Å². The monoisotopic (exact) mass is 300 g/mol. The molecule has 2 atom stereocenters. The Bertz CT molecular complexity index is 385. The Hall–Kier alpha value is -1.07. The Kier molecular flexibility index (Phi) is 5.44. The zero-order valence-electron chi connectivity index (χ0n) is 9.90. The van der Waals surface area contributed by atoms with Crippen LogP contribution in [0.4, 0.5) is 4.79 Å². The van der Waals surface area contributed by atoms with Crippen molar-refractivity contribution < 1.29 is 9.90 Å². The lowest BCUT2D eigenvalue weighted by Gasteiger charge is -2.18. The molecule has 0 spiro atoms. The Morgan fingerprint density at radius 2 is 2.00 bits per heavy atom. The quantitative estimate of drug-likeness (QED) is 0.798. The molecule has 0 saturated heterocycles. The minimum Gasteiger partial charge on any atom is -0.394 e. The summed E-state index contributed by atoms with van der Waals surface area (Å²) < 4.78 is 0.961. The molecule has 0 radical (unpaired) electrons. The Labute approximate surface area is 110 Å². The predicted molar refractivity (Wildman–Crippen MR) is 70.8 cm³/mol. The summed E-state index contributed by atoms with van der Waals surface area (Å²) in [6.45, 7) is 3.57. The number of carbonyl (C=O) groups excluding carboxylic acids is 1. The number of aliphatic hydroxyl groups is 1. The third-order valence-corrected chi connectivity index (χ3v) is 3.09. The van der Waals surface area contributed by atoms with Crippen LogP contribution in [0.15, 0.2) is 28.7 Å². The molecule has 5 heteroatoms. The minimum atomic E-state index is -0.283. The highest BCUT2D eigenvalue weighted by Gasteiger charge is 2.12. The first kappa shape index (κ1) is 14.0. The number of amides is 2. The van der Waals surface area contributed by atoms with Crippen molar-refractivity contribution in [3.8, 4) is 0 Å². The first-order chi connectivity index (χ1) is 8.04. The van der Waals surface area contributed by atoms with Gasteiger partial charge in [-0.15, -0.1) is 0 Å². The molecule has 3 N–H and O–H groups in total. The molecular formula is C12H17BrN2O2. The van der Waals surface area contributed by atoms with Crippen LogP contribution >= 0.6 is 15.9 Å². The van der Waals surface area contributed by atoms with Crippen LogP contribution in [-0.4, -0.2) is 23.8 Å². The number of aliphatic hydroxyl groups excluding tert-OH is 1. The summed E-state index contributed by atoms with van der Waals surface area (Å²) in [4.78, 5) is 11.6. The van der Waals surface area contributed by atoms with Gasteiger partial charge in [-0.1, -0.05) is 34.1 Å². The third kappa shape index (κ3) is 4.36. The van der Waals surface area contributed by atoms with Crippen LogP contribution in [0.5, 0.6) is 0 Å². The number of carbonyl (C=O) groups is 1. The predicted octanol–water partition coefficient (Wildman–Crippen LogP) is 2.19. The molecule has 0 aliphatic rings. The molecule has 2 amide bonds. The SMILES string of the molecule is CC(CO)NC(=O)NC(C)c1ccccc1Br. The van der Waals surface area contributed by atoms with Gasteiger partial charge >= 0.3 is 6.03 Å². The van der Waals surface area contributed by atoms with E-state index < -0.39 is 0 Å². The van der Waals surface area contributed by atoms with Crippen molar-refractivity contribution in [2.45, 2.75) is 25.9 Å². The topological polar surface area (TPSA) is 61.4 Å². The van der Waals surface area contributed by atoms with Crippen LogP contribution in [0, 0.1) is 0 Å². The molecule has 0 aliphatic heterocycles. The summed E-state index contributed by atoms with van der Waals surface area (Å²) in [5.41, 5.74) is 1.01. The summed E-state index contributed by atoms with van der Waals surface area (Å²) in [7, 11) is 0. The van der Waals surface area contributed by atoms with E-state index in [-0.39, 0.29) is 24.7 Å². The van der Waals surface area contributed by atoms with Crippen molar-refractivity contribution in [2.75, 3.05) is 6.61 Å². The molecule has 0 saturated carbocycles. The Balaban J connectivity index is 2.58. The number of hydrogen-bond donors (Lipinski definition) is 3. The average molecular weight is 301 g/mol. The van der Waals surface area contributed by atoms with E-state index in [0.29, 0.717) is 0 Å². The van der Waals surface area contributed by atoms with Gasteiger partial charge in [-0.2, -0.15) is 0 Å². The third-order valence-electron chi connectivity index (χ3n) is 2.37. The molecule has 2 unspecified atom stereocenters. The largest absolute Gasteiger partial charge is 0.394 e. The van der Waals surface area contributed by atoms with Crippen LogP contribution in [0.2, 0.25) is 0 Å². The molecule has 0 fully saturated rings. The highest BCUT2D eigenvalue weighted by atomic mass is 79.9. The van der Waals surface area contributed by atoms with E-state index in [9.17, 15) is 4.79 Å². The summed E-state index contributed by atoms with van der Waals surface area (Å²) in [6, 6.07) is 7.10. The van der Waals surface area contributed by atoms with Gasteiger partial charge in [-0.3, -0.25) is 0 Å². The van der Waals surface area contributed by atoms with Gasteiger partial charge in [0.15, 0.2) is 0 Å². The number of benzene rings is 1. The second-order valence-corrected chi connectivity index (χ2v) is 4.80. The Morgan fingerprint density at radius 1 is 1.35 bits per heavy atom. The van der Waals surface area contributed by atoms with Gasteiger partial charge in [0.1, 0.15) is 0 Å². The Morgan fingerprint density at radius 3 is 2.59 bits per heavy atom. The van der Waals surface area contributed by atoms with Crippen molar-refractivity contribution in [1.82, 2.24) is 10.6 Å². The molecular weight excluding hydrogens is 284 g/mol. The number of hydrogen-bond acceptors (Lipinski definition) is 2. The van der Waals surface area contributed by atoms with Crippen molar-refractivity contribution >= 4 is 22.0 Å². The van der Waals surface area contributed by atoms with E-state index in [0.717, 1.165) is 10.0 Å². The summed E-state index contributed by atoms with van der Waals surface area (Å²) >= 11 is 3.44. The first-order valence-corrected chi connectivity index (χ1v) is 6.26. The highest BCUT2D eigenvalue weighted by molar-refractivity contribution is 9.10. The minimum absolute atomic E-state index is 0.0726. The van der Waals surface area contributed by atoms with Gasteiger partial charge < -0.3 is 15.7 Å². The van der Waals surface area contributed by atoms with Gasteiger partial charge in [-0.25, -0.2) is 4.79 Å². The summed E-state index contributed by atoms with van der Waals surface area (Å²) in [6.07, 6.45) is 0. The van der Waals surface area contributed by atoms with Gasteiger partial charge in [-0.05, 0) is 25.5 Å². The van der Waals surface area contributed by atoms with Crippen LogP contribution < -0.4 is 10.6 Å². The molecule has 1 aromatic carbocycles. The first-order valence-electron chi connectivity index (χ1n) is 5.47. The maximum Gasteiger partial charge on any atom is 0.315 e. The van der Waals surface area contributed by atoms with Crippen molar-refractivity contribution in [3.63, 3.8) is 0 Å². The molecule has 4 nitrogen and oxygen atoms in total. The number of urea groups is 1. The molecule has 1 aromatic rings. The lowest BCUT2D eigenvalue weighted by molar-refractivity contribution is 0.218. The fourth-order valence-electron chi connectivity index (χ4n) is 1.41. The fraction of sp³-hybridized carbons (Fsp3) is 0.417. The van der Waals surface area contributed by atoms with Gasteiger partial charge in [0, 0.05) is 4.47 Å². The van der Waals surface area contributed by atoms with Crippen molar-refractivity contribution in [1.29, 1.82) is 0 Å². The van der Waals surface area contributed by atoms with E-state index in [4.69, 9.17) is 5.11 Å². The average Bonchev–Trinajstić information content (AvgIpc) is 2.29. The zero-order valence-corrected chi connectivity index (χ0v) is 11.5. The van der Waals surface area contributed by atoms with Crippen LogP contribution in [-0.2, 0) is 0 Å². The van der Waals surface area contributed by atoms with Crippen LogP contribution in [0.1, 0.15) is 25.5 Å². The molecule has 17 heavy (non-hydrogen) atoms. The number of nitrogens with one attached hydrogen (secondary N) is 2. The maximum atomic E-state index is 11.6. The number of halogens is 1. The molecule has 94 valence electrons. The van der Waals surface area contributed by atoms with E-state index in [1.54, 1.807) is 6.92 Å². The molecule has 0 aliphatic carbocycles. The van der Waals surface area contributed by atoms with Crippen molar-refractivity contribution in [2.24, 2.45) is 0 Å². The lowest BCUT2D eigenvalue weighted by Crippen LogP contribution is -2.43. The fourth-order valence-corrected chi connectivity index (χ4v) is 2.04. The normalized spacial score (nSPS) is 13.9. The van der Waals surface area contributed by atoms with E-state index >= 15 is 0 Å². The molecule has 0 aromatic heterocycles. The molecule has 0 bridgehead atoms. The lowest BCUT2D eigenvalue weighted by atomic mass is 10.1. The zero-order chi connectivity index (χ0) is 12.8. The van der Waals surface area contributed by atoms with Gasteiger partial charge in [0.25, 0.3) is 0 Å². The summed E-state index contributed by atoms with van der Waals surface area (Å²) in [5, 5.41) is 14.3. The smallest absolute Gasteiger partial charge is 0.315 e. The standard InChI is InChI=1S/C12H17BrN2O2/c1-8(7-16)14-12(17)15-9(2)10-5-3-4-6-11(10)13/h3-6,8-9,16H,7H2,1-2H3,(H2,14,15,17). The van der Waals surface area contributed by atoms with E-state index in [1.165, 1.54) is 0 Å². The highest BCUT2D eigenvalue weighted by Crippen LogP contribution is 2.22. The number of rotatable bonds is 4.